The molecule has 1 aliphatic heterocycles. The first-order valence-electron chi connectivity index (χ1n) is 6.62. The monoisotopic (exact) mass is 285 g/mol. The maximum absolute atomic E-state index is 8.96. The largest absolute Gasteiger partial charge is 0.505 e. The van der Waals surface area contributed by atoms with Gasteiger partial charge >= 0.3 is 7.12 Å². The molecule has 3 rings (SSSR count). The van der Waals surface area contributed by atoms with Crippen molar-refractivity contribution in [1.29, 1.82) is 5.26 Å². The Balaban J connectivity index is 1.98. The number of hydrogen-bond acceptors (Lipinski definition) is 4. The van der Waals surface area contributed by atoms with Crippen LogP contribution in [0.4, 0.5) is 0 Å². The maximum Gasteiger partial charge on any atom is 0.505 e. The summed E-state index contributed by atoms with van der Waals surface area (Å²) in [6.07, 6.45) is 0. The summed E-state index contributed by atoms with van der Waals surface area (Å²) in [4.78, 5) is 0. The maximum atomic E-state index is 8.96. The van der Waals surface area contributed by atoms with Crippen molar-refractivity contribution in [3.05, 3.63) is 29.8 Å². The Hall–Kier alpha value is -1.35. The number of thiophene rings is 1. The number of hydrogen-bond donors (Lipinski definition) is 0. The smallest absolute Gasteiger partial charge is 0.399 e. The van der Waals surface area contributed by atoms with Gasteiger partial charge in [0.1, 0.15) is 0 Å². The van der Waals surface area contributed by atoms with Crippen LogP contribution in [0.15, 0.2) is 24.3 Å². The molecule has 1 fully saturated rings. The van der Waals surface area contributed by atoms with Gasteiger partial charge in [-0.2, -0.15) is 5.26 Å². The van der Waals surface area contributed by atoms with Crippen molar-refractivity contribution in [1.82, 2.24) is 0 Å². The second-order valence-electron chi connectivity index (χ2n) is 6.10. The molecule has 102 valence electrons. The van der Waals surface area contributed by atoms with Gasteiger partial charge in [-0.25, -0.2) is 0 Å². The number of nitriles is 1. The van der Waals surface area contributed by atoms with E-state index in [4.69, 9.17) is 14.6 Å². The van der Waals surface area contributed by atoms with Crippen molar-refractivity contribution in [2.24, 2.45) is 0 Å². The van der Waals surface area contributed by atoms with E-state index in [1.54, 1.807) is 11.3 Å². The Morgan fingerprint density at radius 3 is 2.35 bits per heavy atom. The van der Waals surface area contributed by atoms with Crippen molar-refractivity contribution in [3.8, 4) is 6.07 Å². The average molecular weight is 285 g/mol. The number of fused-ring (bicyclic) bond motifs is 1. The van der Waals surface area contributed by atoms with Crippen molar-refractivity contribution >= 4 is 33.3 Å². The van der Waals surface area contributed by atoms with E-state index < -0.39 is 0 Å². The molecule has 0 bridgehead atoms. The molecule has 0 amide bonds. The molecule has 0 saturated carbocycles. The Kier molecular flexibility index (Phi) is 2.95. The van der Waals surface area contributed by atoms with E-state index in [9.17, 15) is 0 Å². The highest BCUT2D eigenvalue weighted by Crippen LogP contribution is 2.37. The van der Waals surface area contributed by atoms with Crippen LogP contribution in [0.5, 0.6) is 0 Å². The molecule has 0 atom stereocenters. The average Bonchev–Trinajstić information content (AvgIpc) is 2.87. The van der Waals surface area contributed by atoms with Crippen LogP contribution >= 0.6 is 11.3 Å². The highest BCUT2D eigenvalue weighted by Gasteiger charge is 2.52. The molecule has 1 aromatic carbocycles. The van der Waals surface area contributed by atoms with Crippen molar-refractivity contribution < 1.29 is 9.31 Å². The molecule has 2 heterocycles. The molecule has 5 heteroatoms. The highest BCUT2D eigenvalue weighted by molar-refractivity contribution is 7.28. The van der Waals surface area contributed by atoms with Gasteiger partial charge in [-0.1, -0.05) is 0 Å². The van der Waals surface area contributed by atoms with Gasteiger partial charge in [0.2, 0.25) is 0 Å². The van der Waals surface area contributed by atoms with Crippen molar-refractivity contribution in [2.75, 3.05) is 0 Å². The van der Waals surface area contributed by atoms with Gasteiger partial charge in [0.25, 0.3) is 0 Å². The molecule has 1 saturated heterocycles. The van der Waals surface area contributed by atoms with Gasteiger partial charge in [-0.3, -0.25) is 0 Å². The molecule has 0 spiro atoms. The lowest BCUT2D eigenvalue weighted by Gasteiger charge is -2.32. The van der Waals surface area contributed by atoms with E-state index in [1.165, 1.54) is 0 Å². The fourth-order valence-electron chi connectivity index (χ4n) is 2.21. The standard InChI is InChI=1S/C15H16BNO2S/c1-14(2)15(3,4)19-16(18-14)13-8-11-7-10(9-17)5-6-12(11)20-13/h5-8H,1-4H3. The van der Waals surface area contributed by atoms with Gasteiger partial charge in [0.15, 0.2) is 0 Å². The molecule has 1 aliphatic rings. The number of rotatable bonds is 1. The Labute approximate surface area is 123 Å². The third-order valence-electron chi connectivity index (χ3n) is 4.15. The van der Waals surface area contributed by atoms with Crippen LogP contribution in [-0.4, -0.2) is 18.3 Å². The van der Waals surface area contributed by atoms with Crippen molar-refractivity contribution in [2.45, 2.75) is 38.9 Å². The first-order chi connectivity index (χ1) is 9.32. The number of benzene rings is 1. The van der Waals surface area contributed by atoms with E-state index in [2.05, 4.69) is 12.1 Å². The molecule has 1 aromatic heterocycles. The molecule has 20 heavy (non-hydrogen) atoms. The van der Waals surface area contributed by atoms with E-state index >= 15 is 0 Å². The lowest BCUT2D eigenvalue weighted by atomic mass is 9.87. The van der Waals surface area contributed by atoms with Crippen LogP contribution in [-0.2, 0) is 9.31 Å². The van der Waals surface area contributed by atoms with Crippen LogP contribution in [0, 0.1) is 11.3 Å². The number of nitrogens with zero attached hydrogens (tertiary/aromatic N) is 1. The lowest BCUT2D eigenvalue weighted by molar-refractivity contribution is 0.00578. The third kappa shape index (κ3) is 2.05. The summed E-state index contributed by atoms with van der Waals surface area (Å²) in [5.74, 6) is 0. The minimum Gasteiger partial charge on any atom is -0.399 e. The SMILES string of the molecule is CC1(C)OB(c2cc3cc(C#N)ccc3s2)OC1(C)C. The van der Waals surface area contributed by atoms with E-state index in [-0.39, 0.29) is 18.3 Å². The van der Waals surface area contributed by atoms with E-state index in [0.29, 0.717) is 5.56 Å². The summed E-state index contributed by atoms with van der Waals surface area (Å²) in [5.41, 5.74) is 0.0212. The van der Waals surface area contributed by atoms with E-state index in [1.807, 2.05) is 45.9 Å². The molecular formula is C15H16BNO2S. The highest BCUT2D eigenvalue weighted by atomic mass is 32.1. The quantitative estimate of drug-likeness (QED) is 0.756. The Morgan fingerprint density at radius 1 is 1.10 bits per heavy atom. The third-order valence-corrected chi connectivity index (χ3v) is 5.29. The molecular weight excluding hydrogens is 269 g/mol. The second-order valence-corrected chi connectivity index (χ2v) is 7.22. The summed E-state index contributed by atoms with van der Waals surface area (Å²) < 4.78 is 14.3. The summed E-state index contributed by atoms with van der Waals surface area (Å²) in [5, 5.41) is 10.0. The zero-order valence-electron chi connectivity index (χ0n) is 12.1. The van der Waals surface area contributed by atoms with Crippen LogP contribution in [0.1, 0.15) is 33.3 Å². The Bertz CT molecular complexity index is 698. The van der Waals surface area contributed by atoms with Crippen molar-refractivity contribution in [3.63, 3.8) is 0 Å². The van der Waals surface area contributed by atoms with Crippen LogP contribution < -0.4 is 4.78 Å². The van der Waals surface area contributed by atoms with E-state index in [0.717, 1.165) is 14.9 Å². The van der Waals surface area contributed by atoms with Crippen LogP contribution in [0.3, 0.4) is 0 Å². The molecule has 0 aliphatic carbocycles. The molecule has 0 N–H and O–H groups in total. The molecule has 0 unspecified atom stereocenters. The summed E-state index contributed by atoms with van der Waals surface area (Å²) in [6.45, 7) is 8.20. The summed E-state index contributed by atoms with van der Waals surface area (Å²) >= 11 is 1.66. The van der Waals surface area contributed by atoms with Gasteiger partial charge in [0, 0.05) is 9.48 Å². The molecule has 0 radical (unpaired) electrons. The summed E-state index contributed by atoms with van der Waals surface area (Å²) in [6, 6.07) is 9.95. The van der Waals surface area contributed by atoms with Crippen LogP contribution in [0.25, 0.3) is 10.1 Å². The predicted octanol–water partition coefficient (Wildman–Crippen LogP) is 3.07. The minimum absolute atomic E-state index is 0.328. The first-order valence-corrected chi connectivity index (χ1v) is 7.43. The normalized spacial score (nSPS) is 20.2. The molecule has 2 aromatic rings. The fraction of sp³-hybridized carbons (Fsp3) is 0.400. The van der Waals surface area contributed by atoms with Gasteiger partial charge < -0.3 is 9.31 Å². The fourth-order valence-corrected chi connectivity index (χ4v) is 3.21. The van der Waals surface area contributed by atoms with Gasteiger partial charge in [-0.15, -0.1) is 11.3 Å². The van der Waals surface area contributed by atoms with Crippen LogP contribution in [0.2, 0.25) is 0 Å². The summed E-state index contributed by atoms with van der Waals surface area (Å²) in [7, 11) is -0.331. The lowest BCUT2D eigenvalue weighted by Crippen LogP contribution is -2.41. The Morgan fingerprint density at radius 2 is 1.75 bits per heavy atom. The zero-order chi connectivity index (χ0) is 14.5. The predicted molar refractivity (Wildman–Crippen MR) is 82.3 cm³/mol. The zero-order valence-corrected chi connectivity index (χ0v) is 12.9. The molecule has 3 nitrogen and oxygen atoms in total. The first kappa shape index (κ1) is 13.6. The topological polar surface area (TPSA) is 42.2 Å². The minimum atomic E-state index is -0.331. The van der Waals surface area contributed by atoms with Gasteiger partial charge in [0.05, 0.1) is 22.8 Å². The second kappa shape index (κ2) is 4.32. The van der Waals surface area contributed by atoms with Gasteiger partial charge in [-0.05, 0) is 57.3 Å².